The van der Waals surface area contributed by atoms with Gasteiger partial charge in [-0.1, -0.05) is 6.92 Å². The predicted molar refractivity (Wildman–Crippen MR) is 61.2 cm³/mol. The van der Waals surface area contributed by atoms with Gasteiger partial charge in [0, 0.05) is 12.6 Å². The Morgan fingerprint density at radius 1 is 1.33 bits per heavy atom. The minimum absolute atomic E-state index is 0.226. The van der Waals surface area contributed by atoms with Crippen molar-refractivity contribution in [1.29, 1.82) is 0 Å². The van der Waals surface area contributed by atoms with Crippen molar-refractivity contribution >= 4 is 5.82 Å². The quantitative estimate of drug-likeness (QED) is 0.827. The topological polar surface area (TPSA) is 47.0 Å². The third kappa shape index (κ3) is 4.63. The van der Waals surface area contributed by atoms with E-state index in [1.807, 2.05) is 26.8 Å². The largest absolute Gasteiger partial charge is 0.472 e. The maximum absolute atomic E-state index is 5.63. The van der Waals surface area contributed by atoms with Gasteiger partial charge in [0.05, 0.1) is 0 Å². The number of hydrogen-bond donors (Lipinski definition) is 1. The fraction of sp³-hybridized carbons (Fsp3) is 0.636. The molecule has 0 atom stereocenters. The first-order chi connectivity index (χ1) is 7.01. The summed E-state index contributed by atoms with van der Waals surface area (Å²) in [5.41, 5.74) is -0.226. The lowest BCUT2D eigenvalue weighted by molar-refractivity contribution is 0.124. The Morgan fingerprint density at radius 3 is 2.67 bits per heavy atom. The van der Waals surface area contributed by atoms with Crippen LogP contribution in [0.5, 0.6) is 5.88 Å². The maximum Gasteiger partial charge on any atom is 0.218 e. The van der Waals surface area contributed by atoms with Crippen molar-refractivity contribution in [2.24, 2.45) is 0 Å². The van der Waals surface area contributed by atoms with Gasteiger partial charge < -0.3 is 10.1 Å². The van der Waals surface area contributed by atoms with Gasteiger partial charge in [-0.05, 0) is 27.2 Å². The molecule has 0 aromatic carbocycles. The Kier molecular flexibility index (Phi) is 3.88. The van der Waals surface area contributed by atoms with Crippen LogP contribution in [0.2, 0.25) is 0 Å². The third-order valence-electron chi connectivity index (χ3n) is 1.61. The van der Waals surface area contributed by atoms with Gasteiger partial charge in [-0.25, -0.2) is 9.97 Å². The number of rotatable bonds is 4. The monoisotopic (exact) mass is 209 g/mol. The maximum atomic E-state index is 5.63. The molecule has 1 heterocycles. The zero-order chi connectivity index (χ0) is 11.3. The van der Waals surface area contributed by atoms with Gasteiger partial charge in [-0.3, -0.25) is 0 Å². The summed E-state index contributed by atoms with van der Waals surface area (Å²) in [6.45, 7) is 9.00. The number of aromatic nitrogens is 2. The van der Waals surface area contributed by atoms with Crippen molar-refractivity contribution in [1.82, 2.24) is 9.97 Å². The molecule has 0 aliphatic heterocycles. The van der Waals surface area contributed by atoms with Crippen LogP contribution in [0.4, 0.5) is 5.82 Å². The summed E-state index contributed by atoms with van der Waals surface area (Å²) in [5.74, 6) is 1.42. The predicted octanol–water partition coefficient (Wildman–Crippen LogP) is 2.48. The first-order valence-electron chi connectivity index (χ1n) is 5.26. The van der Waals surface area contributed by atoms with Crippen LogP contribution in [0.25, 0.3) is 0 Å². The molecule has 1 rings (SSSR count). The lowest BCUT2D eigenvalue weighted by atomic mass is 10.2. The number of ether oxygens (including phenoxy) is 1. The highest BCUT2D eigenvalue weighted by Crippen LogP contribution is 2.16. The van der Waals surface area contributed by atoms with Crippen molar-refractivity contribution in [3.63, 3.8) is 0 Å². The Morgan fingerprint density at radius 2 is 2.07 bits per heavy atom. The third-order valence-corrected chi connectivity index (χ3v) is 1.61. The van der Waals surface area contributed by atoms with Crippen LogP contribution in [0.15, 0.2) is 12.4 Å². The van der Waals surface area contributed by atoms with Crippen LogP contribution in [0.3, 0.4) is 0 Å². The molecule has 1 N–H and O–H groups in total. The summed E-state index contributed by atoms with van der Waals surface area (Å²) >= 11 is 0. The van der Waals surface area contributed by atoms with Crippen LogP contribution in [0.1, 0.15) is 34.1 Å². The average Bonchev–Trinajstić information content (AvgIpc) is 2.12. The SMILES string of the molecule is CCCNc1cc(OC(C)(C)C)ncn1. The minimum atomic E-state index is -0.226. The first-order valence-corrected chi connectivity index (χ1v) is 5.26. The second-order valence-electron chi connectivity index (χ2n) is 4.38. The van der Waals surface area contributed by atoms with Gasteiger partial charge >= 0.3 is 0 Å². The van der Waals surface area contributed by atoms with E-state index < -0.39 is 0 Å². The highest BCUT2D eigenvalue weighted by molar-refractivity contribution is 5.36. The number of nitrogens with zero attached hydrogens (tertiary/aromatic N) is 2. The Hall–Kier alpha value is -1.32. The van der Waals surface area contributed by atoms with Crippen LogP contribution in [-0.4, -0.2) is 22.1 Å². The summed E-state index contributed by atoms with van der Waals surface area (Å²) in [4.78, 5) is 8.16. The number of anilines is 1. The van der Waals surface area contributed by atoms with Gasteiger partial charge in [0.15, 0.2) is 0 Å². The molecule has 84 valence electrons. The van der Waals surface area contributed by atoms with Gasteiger partial charge in [0.2, 0.25) is 5.88 Å². The molecule has 1 aromatic heterocycles. The Balaban J connectivity index is 2.66. The highest BCUT2D eigenvalue weighted by Gasteiger charge is 2.12. The highest BCUT2D eigenvalue weighted by atomic mass is 16.5. The molecule has 15 heavy (non-hydrogen) atoms. The average molecular weight is 209 g/mol. The van der Waals surface area contributed by atoms with E-state index in [-0.39, 0.29) is 5.60 Å². The summed E-state index contributed by atoms with van der Waals surface area (Å²) in [6.07, 6.45) is 2.58. The van der Waals surface area contributed by atoms with Crippen molar-refractivity contribution in [2.45, 2.75) is 39.7 Å². The van der Waals surface area contributed by atoms with Crippen LogP contribution >= 0.6 is 0 Å². The molecular formula is C11H19N3O. The molecule has 0 bridgehead atoms. The van der Waals surface area contributed by atoms with E-state index in [9.17, 15) is 0 Å². The molecule has 4 nitrogen and oxygen atoms in total. The summed E-state index contributed by atoms with van der Waals surface area (Å²) in [5, 5.41) is 3.19. The second kappa shape index (κ2) is 4.96. The van der Waals surface area contributed by atoms with Crippen LogP contribution in [-0.2, 0) is 0 Å². The van der Waals surface area contributed by atoms with Crippen molar-refractivity contribution in [3.05, 3.63) is 12.4 Å². The Bertz CT molecular complexity index is 307. The fourth-order valence-electron chi connectivity index (χ4n) is 1.06. The van der Waals surface area contributed by atoms with E-state index in [2.05, 4.69) is 22.2 Å². The zero-order valence-corrected chi connectivity index (χ0v) is 9.87. The van der Waals surface area contributed by atoms with Crippen molar-refractivity contribution in [3.8, 4) is 5.88 Å². The molecule has 0 radical (unpaired) electrons. The number of hydrogen-bond acceptors (Lipinski definition) is 4. The molecule has 1 aromatic rings. The standard InChI is InChI=1S/C11H19N3O/c1-5-6-12-9-7-10(14-8-13-9)15-11(2,3)4/h7-8H,5-6H2,1-4H3,(H,12,13,14). The molecule has 0 saturated carbocycles. The first kappa shape index (κ1) is 11.8. The van der Waals surface area contributed by atoms with E-state index in [1.54, 1.807) is 0 Å². The van der Waals surface area contributed by atoms with E-state index in [0.29, 0.717) is 5.88 Å². The van der Waals surface area contributed by atoms with Crippen LogP contribution in [0, 0.1) is 0 Å². The molecule has 0 spiro atoms. The zero-order valence-electron chi connectivity index (χ0n) is 9.87. The van der Waals surface area contributed by atoms with E-state index in [1.165, 1.54) is 6.33 Å². The summed E-state index contributed by atoms with van der Waals surface area (Å²) in [7, 11) is 0. The molecule has 0 amide bonds. The van der Waals surface area contributed by atoms with E-state index in [4.69, 9.17) is 4.74 Å². The fourth-order valence-corrected chi connectivity index (χ4v) is 1.06. The molecule has 0 aliphatic carbocycles. The summed E-state index contributed by atoms with van der Waals surface area (Å²) in [6, 6.07) is 1.82. The molecule has 4 heteroatoms. The van der Waals surface area contributed by atoms with Crippen molar-refractivity contribution in [2.75, 3.05) is 11.9 Å². The second-order valence-corrected chi connectivity index (χ2v) is 4.38. The van der Waals surface area contributed by atoms with E-state index in [0.717, 1.165) is 18.8 Å². The lowest BCUT2D eigenvalue weighted by Gasteiger charge is -2.20. The van der Waals surface area contributed by atoms with E-state index >= 15 is 0 Å². The van der Waals surface area contributed by atoms with Crippen LogP contribution < -0.4 is 10.1 Å². The molecule has 0 fully saturated rings. The molecule has 0 aliphatic rings. The van der Waals surface area contributed by atoms with Gasteiger partial charge in [0.1, 0.15) is 17.7 Å². The summed E-state index contributed by atoms with van der Waals surface area (Å²) < 4.78 is 5.63. The molecule has 0 unspecified atom stereocenters. The normalized spacial score (nSPS) is 11.2. The molecule has 0 saturated heterocycles. The smallest absolute Gasteiger partial charge is 0.218 e. The van der Waals surface area contributed by atoms with Crippen molar-refractivity contribution < 1.29 is 4.74 Å². The lowest BCUT2D eigenvalue weighted by Crippen LogP contribution is -2.23. The van der Waals surface area contributed by atoms with Gasteiger partial charge in [-0.2, -0.15) is 0 Å². The Labute approximate surface area is 91.1 Å². The van der Waals surface area contributed by atoms with Gasteiger partial charge in [-0.15, -0.1) is 0 Å². The molecular weight excluding hydrogens is 190 g/mol. The minimum Gasteiger partial charge on any atom is -0.472 e. The van der Waals surface area contributed by atoms with Gasteiger partial charge in [0.25, 0.3) is 0 Å². The number of nitrogens with one attached hydrogen (secondary N) is 1.